The number of carbonyl (C=O) groups excluding carboxylic acids is 2. The Morgan fingerprint density at radius 2 is 2.00 bits per heavy atom. The standard InChI is InChI=1S/C14H18N2O2/c1-2-3-10-4-6-11(7-5-10)15-12-8-9-13(17)16-14(12)18/h4-7,12,15H,2-3,8-9H2,1H3,(H,16,17,18). The van der Waals surface area contributed by atoms with E-state index in [1.807, 2.05) is 12.1 Å². The smallest absolute Gasteiger partial charge is 0.249 e. The maximum absolute atomic E-state index is 11.6. The molecule has 1 atom stereocenters. The lowest BCUT2D eigenvalue weighted by Gasteiger charge is -2.22. The Hall–Kier alpha value is -1.84. The van der Waals surface area contributed by atoms with Gasteiger partial charge in [0.1, 0.15) is 6.04 Å². The fraction of sp³-hybridized carbons (Fsp3) is 0.429. The molecule has 0 aromatic heterocycles. The highest BCUT2D eigenvalue weighted by Crippen LogP contribution is 2.15. The average Bonchev–Trinajstić information content (AvgIpc) is 2.35. The van der Waals surface area contributed by atoms with E-state index >= 15 is 0 Å². The van der Waals surface area contributed by atoms with Gasteiger partial charge in [-0.1, -0.05) is 25.5 Å². The Labute approximate surface area is 107 Å². The van der Waals surface area contributed by atoms with Crippen molar-refractivity contribution in [2.24, 2.45) is 0 Å². The third-order valence-corrected chi connectivity index (χ3v) is 3.07. The number of aryl methyl sites for hydroxylation is 1. The monoisotopic (exact) mass is 246 g/mol. The van der Waals surface area contributed by atoms with Crippen LogP contribution >= 0.6 is 0 Å². The number of imide groups is 1. The van der Waals surface area contributed by atoms with Gasteiger partial charge in [-0.05, 0) is 30.5 Å². The predicted molar refractivity (Wildman–Crippen MR) is 70.2 cm³/mol. The first-order valence-corrected chi connectivity index (χ1v) is 6.38. The summed E-state index contributed by atoms with van der Waals surface area (Å²) in [5.74, 6) is -0.416. The minimum Gasteiger partial charge on any atom is -0.374 e. The average molecular weight is 246 g/mol. The number of amides is 2. The van der Waals surface area contributed by atoms with Gasteiger partial charge in [0.25, 0.3) is 0 Å². The maximum atomic E-state index is 11.6. The van der Waals surface area contributed by atoms with Crippen molar-refractivity contribution in [1.82, 2.24) is 5.32 Å². The third kappa shape index (κ3) is 3.09. The van der Waals surface area contributed by atoms with E-state index in [4.69, 9.17) is 0 Å². The van der Waals surface area contributed by atoms with Crippen LogP contribution in [-0.4, -0.2) is 17.9 Å². The summed E-state index contributed by atoms with van der Waals surface area (Å²) >= 11 is 0. The normalized spacial score (nSPS) is 19.5. The fourth-order valence-electron chi connectivity index (χ4n) is 2.09. The van der Waals surface area contributed by atoms with Gasteiger partial charge in [0.05, 0.1) is 0 Å². The Balaban J connectivity index is 1.96. The molecule has 96 valence electrons. The van der Waals surface area contributed by atoms with Crippen molar-refractivity contribution in [3.8, 4) is 0 Å². The summed E-state index contributed by atoms with van der Waals surface area (Å²) in [6.45, 7) is 2.15. The number of hydrogen-bond acceptors (Lipinski definition) is 3. The second-order valence-corrected chi connectivity index (χ2v) is 4.59. The minimum atomic E-state index is -0.306. The molecule has 2 N–H and O–H groups in total. The Bertz CT molecular complexity index is 440. The molecule has 0 spiro atoms. The van der Waals surface area contributed by atoms with Crippen molar-refractivity contribution in [3.63, 3.8) is 0 Å². The van der Waals surface area contributed by atoms with Crippen LogP contribution in [0.2, 0.25) is 0 Å². The highest BCUT2D eigenvalue weighted by Gasteiger charge is 2.26. The molecule has 1 aromatic carbocycles. The minimum absolute atomic E-state index is 0.184. The molecule has 1 aliphatic heterocycles. The molecule has 18 heavy (non-hydrogen) atoms. The molecule has 0 saturated carbocycles. The zero-order valence-corrected chi connectivity index (χ0v) is 10.5. The van der Waals surface area contributed by atoms with Crippen LogP contribution in [0, 0.1) is 0 Å². The van der Waals surface area contributed by atoms with E-state index in [0.29, 0.717) is 12.8 Å². The van der Waals surface area contributed by atoms with Gasteiger partial charge in [0.2, 0.25) is 11.8 Å². The fourth-order valence-corrected chi connectivity index (χ4v) is 2.09. The maximum Gasteiger partial charge on any atom is 0.249 e. The highest BCUT2D eigenvalue weighted by atomic mass is 16.2. The predicted octanol–water partition coefficient (Wildman–Crippen LogP) is 1.86. The van der Waals surface area contributed by atoms with Gasteiger partial charge in [-0.3, -0.25) is 14.9 Å². The summed E-state index contributed by atoms with van der Waals surface area (Å²) in [5, 5.41) is 5.50. The van der Waals surface area contributed by atoms with E-state index < -0.39 is 0 Å². The van der Waals surface area contributed by atoms with Crippen molar-refractivity contribution < 1.29 is 9.59 Å². The van der Waals surface area contributed by atoms with Crippen molar-refractivity contribution in [2.75, 3.05) is 5.32 Å². The topological polar surface area (TPSA) is 58.2 Å². The van der Waals surface area contributed by atoms with Gasteiger partial charge < -0.3 is 5.32 Å². The van der Waals surface area contributed by atoms with Crippen LogP contribution in [0.4, 0.5) is 5.69 Å². The molecule has 0 radical (unpaired) electrons. The molecule has 4 nitrogen and oxygen atoms in total. The van der Waals surface area contributed by atoms with E-state index in [0.717, 1.165) is 18.5 Å². The van der Waals surface area contributed by atoms with Gasteiger partial charge in [-0.2, -0.15) is 0 Å². The summed E-state index contributed by atoms with van der Waals surface area (Å²) < 4.78 is 0. The number of rotatable bonds is 4. The number of piperidine rings is 1. The summed E-state index contributed by atoms with van der Waals surface area (Å²) in [6.07, 6.45) is 3.15. The van der Waals surface area contributed by atoms with Crippen LogP contribution in [0.25, 0.3) is 0 Å². The van der Waals surface area contributed by atoms with Crippen molar-refractivity contribution >= 4 is 17.5 Å². The highest BCUT2D eigenvalue weighted by molar-refractivity contribution is 6.01. The molecule has 1 unspecified atom stereocenters. The lowest BCUT2D eigenvalue weighted by molar-refractivity contribution is -0.133. The summed E-state index contributed by atoms with van der Waals surface area (Å²) in [5.41, 5.74) is 2.22. The van der Waals surface area contributed by atoms with Crippen molar-refractivity contribution in [1.29, 1.82) is 0 Å². The quantitative estimate of drug-likeness (QED) is 0.797. The Morgan fingerprint density at radius 1 is 1.28 bits per heavy atom. The zero-order chi connectivity index (χ0) is 13.0. The largest absolute Gasteiger partial charge is 0.374 e. The number of nitrogens with one attached hydrogen (secondary N) is 2. The van der Waals surface area contributed by atoms with Crippen molar-refractivity contribution in [3.05, 3.63) is 29.8 Å². The van der Waals surface area contributed by atoms with Crippen LogP contribution in [0.15, 0.2) is 24.3 Å². The number of anilines is 1. The van der Waals surface area contributed by atoms with E-state index in [1.165, 1.54) is 5.56 Å². The van der Waals surface area contributed by atoms with Crippen molar-refractivity contribution in [2.45, 2.75) is 38.6 Å². The summed E-state index contributed by atoms with van der Waals surface area (Å²) in [4.78, 5) is 22.6. The van der Waals surface area contributed by atoms with Crippen LogP contribution in [0.1, 0.15) is 31.7 Å². The van der Waals surface area contributed by atoms with Gasteiger partial charge in [-0.25, -0.2) is 0 Å². The Kier molecular flexibility index (Phi) is 3.97. The van der Waals surface area contributed by atoms with Gasteiger partial charge in [0.15, 0.2) is 0 Å². The van der Waals surface area contributed by atoms with E-state index in [2.05, 4.69) is 29.7 Å². The molecule has 0 aliphatic carbocycles. The Morgan fingerprint density at radius 3 is 2.61 bits per heavy atom. The zero-order valence-electron chi connectivity index (χ0n) is 10.5. The first kappa shape index (κ1) is 12.6. The molecule has 1 heterocycles. The summed E-state index contributed by atoms with van der Waals surface area (Å²) in [7, 11) is 0. The molecule has 2 rings (SSSR count). The first-order chi connectivity index (χ1) is 8.69. The third-order valence-electron chi connectivity index (χ3n) is 3.07. The molecule has 2 amide bonds. The van der Waals surface area contributed by atoms with Gasteiger partial charge in [0, 0.05) is 12.1 Å². The van der Waals surface area contributed by atoms with Crippen LogP contribution < -0.4 is 10.6 Å². The van der Waals surface area contributed by atoms with Crippen LogP contribution in [0.3, 0.4) is 0 Å². The molecule has 1 aromatic rings. The van der Waals surface area contributed by atoms with Crippen LogP contribution in [0.5, 0.6) is 0 Å². The lowest BCUT2D eigenvalue weighted by atomic mass is 10.1. The number of benzene rings is 1. The first-order valence-electron chi connectivity index (χ1n) is 6.38. The number of hydrogen-bond donors (Lipinski definition) is 2. The van der Waals surface area contributed by atoms with Crippen LogP contribution in [-0.2, 0) is 16.0 Å². The number of carbonyl (C=O) groups is 2. The molecule has 0 bridgehead atoms. The van der Waals surface area contributed by atoms with Gasteiger partial charge >= 0.3 is 0 Å². The molecular weight excluding hydrogens is 228 g/mol. The molecule has 1 saturated heterocycles. The summed E-state index contributed by atoms with van der Waals surface area (Å²) in [6, 6.07) is 7.79. The van der Waals surface area contributed by atoms with E-state index in [9.17, 15) is 9.59 Å². The van der Waals surface area contributed by atoms with E-state index in [-0.39, 0.29) is 17.9 Å². The SMILES string of the molecule is CCCc1ccc(NC2CCC(=O)NC2=O)cc1. The van der Waals surface area contributed by atoms with E-state index in [1.54, 1.807) is 0 Å². The lowest BCUT2D eigenvalue weighted by Crippen LogP contribution is -2.47. The second kappa shape index (κ2) is 5.67. The molecular formula is C14H18N2O2. The molecule has 4 heteroatoms. The molecule has 1 aliphatic rings. The van der Waals surface area contributed by atoms with Gasteiger partial charge in [-0.15, -0.1) is 0 Å². The molecule has 1 fully saturated rings. The second-order valence-electron chi connectivity index (χ2n) is 4.59.